The summed E-state index contributed by atoms with van der Waals surface area (Å²) in [5.74, 6) is -2.58. The molecule has 1 fully saturated rings. The summed E-state index contributed by atoms with van der Waals surface area (Å²) in [6.07, 6.45) is 0.845. The van der Waals surface area contributed by atoms with E-state index in [2.05, 4.69) is 18.8 Å². The van der Waals surface area contributed by atoms with Crippen LogP contribution in [0.1, 0.15) is 20.3 Å². The maximum atomic E-state index is 13.6. The molecule has 0 atom stereocenters. The maximum Gasteiger partial charge on any atom is 0.251 e. The number of hydrogen-bond donors (Lipinski definition) is 0. The van der Waals surface area contributed by atoms with Crippen molar-refractivity contribution in [2.24, 2.45) is 0 Å². The summed E-state index contributed by atoms with van der Waals surface area (Å²) < 4.78 is 39.7. The van der Waals surface area contributed by atoms with Crippen LogP contribution in [0.3, 0.4) is 0 Å². The number of nitrogens with zero attached hydrogens (tertiary/aromatic N) is 2. The third-order valence-corrected chi connectivity index (χ3v) is 4.38. The van der Waals surface area contributed by atoms with Gasteiger partial charge >= 0.3 is 0 Å². The van der Waals surface area contributed by atoms with Crippen molar-refractivity contribution in [2.75, 3.05) is 23.7 Å². The van der Waals surface area contributed by atoms with Gasteiger partial charge in [-0.2, -0.15) is 21.1 Å². The van der Waals surface area contributed by atoms with Gasteiger partial charge in [-0.1, -0.05) is 13.8 Å². The predicted octanol–water partition coefficient (Wildman–Crippen LogP) is 3.22. The molecule has 0 unspecified atom stereocenters. The second kappa shape index (κ2) is 4.99. The summed E-state index contributed by atoms with van der Waals surface area (Å²) in [7, 11) is 0. The molecule has 1 aliphatic rings. The van der Waals surface area contributed by atoms with Crippen molar-refractivity contribution < 1.29 is 13.2 Å². The second-order valence-electron chi connectivity index (χ2n) is 4.91. The Morgan fingerprint density at radius 3 is 2.67 bits per heavy atom. The van der Waals surface area contributed by atoms with Crippen LogP contribution in [0.25, 0.3) is 0 Å². The van der Waals surface area contributed by atoms with E-state index in [1.165, 1.54) is 0 Å². The van der Waals surface area contributed by atoms with Crippen LogP contribution in [-0.2, 0) is 0 Å². The number of halogens is 3. The quantitative estimate of drug-likeness (QED) is 0.733. The van der Waals surface area contributed by atoms with Gasteiger partial charge in [0.1, 0.15) is 0 Å². The highest BCUT2D eigenvalue weighted by Crippen LogP contribution is 2.32. The van der Waals surface area contributed by atoms with Crippen LogP contribution in [-0.4, -0.2) is 28.6 Å². The van der Waals surface area contributed by atoms with Crippen molar-refractivity contribution in [3.8, 4) is 0 Å². The summed E-state index contributed by atoms with van der Waals surface area (Å²) in [6, 6.07) is 0.556. The number of thioether (sulfide) groups is 1. The van der Waals surface area contributed by atoms with Crippen LogP contribution < -0.4 is 4.90 Å². The summed E-state index contributed by atoms with van der Waals surface area (Å²) in [5.41, 5.74) is 0. The minimum absolute atomic E-state index is 0.0906. The Morgan fingerprint density at radius 2 is 1.94 bits per heavy atom. The standard InChI is InChI=1S/C12H15F3N2S/c1-12(2)3-4-17(5-6-18-12)11-9(14)7-8(13)10(15)16-11/h7H,3-6H2,1-2H3. The molecule has 1 aromatic rings. The van der Waals surface area contributed by atoms with Crippen molar-refractivity contribution in [1.29, 1.82) is 0 Å². The molecule has 0 radical (unpaired) electrons. The van der Waals surface area contributed by atoms with Gasteiger partial charge in [-0.25, -0.2) is 8.78 Å². The average Bonchev–Trinajstić information content (AvgIpc) is 2.45. The fourth-order valence-electron chi connectivity index (χ4n) is 1.89. The Bertz CT molecular complexity index is 451. The van der Waals surface area contributed by atoms with E-state index in [9.17, 15) is 13.2 Å². The number of rotatable bonds is 1. The van der Waals surface area contributed by atoms with E-state index in [1.807, 2.05) is 0 Å². The highest BCUT2D eigenvalue weighted by molar-refractivity contribution is 8.00. The van der Waals surface area contributed by atoms with Crippen LogP contribution >= 0.6 is 11.8 Å². The molecule has 18 heavy (non-hydrogen) atoms. The summed E-state index contributed by atoms with van der Waals surface area (Å²) in [5, 5.41) is 0. The van der Waals surface area contributed by atoms with Crippen LogP contribution in [0.4, 0.5) is 19.0 Å². The summed E-state index contributed by atoms with van der Waals surface area (Å²) in [4.78, 5) is 5.07. The Labute approximate surface area is 109 Å². The van der Waals surface area contributed by atoms with Gasteiger partial charge < -0.3 is 4.90 Å². The molecule has 0 bridgehead atoms. The van der Waals surface area contributed by atoms with Crippen molar-refractivity contribution in [1.82, 2.24) is 4.98 Å². The van der Waals surface area contributed by atoms with Crippen LogP contribution in [0.5, 0.6) is 0 Å². The molecule has 0 aliphatic carbocycles. The molecule has 100 valence electrons. The van der Waals surface area contributed by atoms with Crippen molar-refractivity contribution in [3.63, 3.8) is 0 Å². The number of pyridine rings is 1. The molecule has 1 saturated heterocycles. The highest BCUT2D eigenvalue weighted by Gasteiger charge is 2.26. The van der Waals surface area contributed by atoms with E-state index in [4.69, 9.17) is 0 Å². The normalized spacial score (nSPS) is 19.7. The van der Waals surface area contributed by atoms with Gasteiger partial charge in [-0.05, 0) is 6.42 Å². The van der Waals surface area contributed by atoms with Crippen molar-refractivity contribution in [3.05, 3.63) is 23.6 Å². The minimum atomic E-state index is -1.25. The van der Waals surface area contributed by atoms with Gasteiger partial charge in [0.25, 0.3) is 5.95 Å². The first-order valence-electron chi connectivity index (χ1n) is 5.79. The SMILES string of the molecule is CC1(C)CCN(c2nc(F)c(F)cc2F)CCS1. The van der Waals surface area contributed by atoms with E-state index in [-0.39, 0.29) is 10.6 Å². The molecule has 1 aromatic heterocycles. The molecule has 0 spiro atoms. The van der Waals surface area contributed by atoms with E-state index < -0.39 is 17.6 Å². The van der Waals surface area contributed by atoms with Gasteiger partial charge in [0.05, 0.1) is 0 Å². The topological polar surface area (TPSA) is 16.1 Å². The Kier molecular flexibility index (Phi) is 3.75. The molecular weight excluding hydrogens is 261 g/mol. The van der Waals surface area contributed by atoms with Gasteiger partial charge in [0, 0.05) is 29.7 Å². The zero-order valence-electron chi connectivity index (χ0n) is 10.3. The number of aromatic nitrogens is 1. The molecule has 0 amide bonds. The van der Waals surface area contributed by atoms with Crippen LogP contribution in [0.15, 0.2) is 6.07 Å². The third-order valence-electron chi connectivity index (χ3n) is 3.01. The first-order valence-corrected chi connectivity index (χ1v) is 6.78. The molecular formula is C12H15F3N2S. The van der Waals surface area contributed by atoms with Crippen molar-refractivity contribution >= 4 is 17.6 Å². The van der Waals surface area contributed by atoms with Crippen LogP contribution in [0.2, 0.25) is 0 Å². The van der Waals surface area contributed by atoms with E-state index in [1.54, 1.807) is 16.7 Å². The fourth-order valence-corrected chi connectivity index (χ4v) is 2.99. The van der Waals surface area contributed by atoms with E-state index in [0.29, 0.717) is 19.2 Å². The lowest BCUT2D eigenvalue weighted by Gasteiger charge is -2.23. The molecule has 1 aliphatic heterocycles. The monoisotopic (exact) mass is 276 g/mol. The fraction of sp³-hybridized carbons (Fsp3) is 0.583. The smallest absolute Gasteiger partial charge is 0.251 e. The predicted molar refractivity (Wildman–Crippen MR) is 67.5 cm³/mol. The van der Waals surface area contributed by atoms with Gasteiger partial charge in [0.15, 0.2) is 17.5 Å². The Hall–Kier alpha value is -0.910. The zero-order valence-corrected chi connectivity index (χ0v) is 11.2. The first-order chi connectivity index (χ1) is 8.39. The lowest BCUT2D eigenvalue weighted by molar-refractivity contribution is 0.462. The van der Waals surface area contributed by atoms with E-state index in [0.717, 1.165) is 12.2 Å². The minimum Gasteiger partial charge on any atom is -0.353 e. The summed E-state index contributed by atoms with van der Waals surface area (Å²) in [6.45, 7) is 5.42. The largest absolute Gasteiger partial charge is 0.353 e. The second-order valence-corrected chi connectivity index (χ2v) is 6.71. The Balaban J connectivity index is 2.24. The molecule has 2 rings (SSSR count). The van der Waals surface area contributed by atoms with E-state index >= 15 is 0 Å². The molecule has 0 N–H and O–H groups in total. The zero-order chi connectivity index (χ0) is 13.3. The van der Waals surface area contributed by atoms with Gasteiger partial charge in [-0.15, -0.1) is 0 Å². The van der Waals surface area contributed by atoms with Crippen molar-refractivity contribution in [2.45, 2.75) is 25.0 Å². The first kappa shape index (κ1) is 13.5. The lowest BCUT2D eigenvalue weighted by atomic mass is 10.1. The third kappa shape index (κ3) is 2.91. The lowest BCUT2D eigenvalue weighted by Crippen LogP contribution is -2.29. The maximum absolute atomic E-state index is 13.6. The Morgan fingerprint density at radius 1 is 1.22 bits per heavy atom. The number of anilines is 1. The molecule has 0 saturated carbocycles. The molecule has 6 heteroatoms. The molecule has 0 aromatic carbocycles. The number of hydrogen-bond acceptors (Lipinski definition) is 3. The molecule has 2 heterocycles. The summed E-state index contributed by atoms with van der Waals surface area (Å²) >= 11 is 1.79. The van der Waals surface area contributed by atoms with Gasteiger partial charge in [-0.3, -0.25) is 0 Å². The highest BCUT2D eigenvalue weighted by atomic mass is 32.2. The van der Waals surface area contributed by atoms with Gasteiger partial charge in [0.2, 0.25) is 0 Å². The average molecular weight is 276 g/mol. The van der Waals surface area contributed by atoms with Crippen LogP contribution in [0, 0.1) is 17.6 Å². The molecule has 2 nitrogen and oxygen atoms in total.